The first-order valence-corrected chi connectivity index (χ1v) is 7.48. The van der Waals surface area contributed by atoms with Gasteiger partial charge in [0.1, 0.15) is 0 Å². The molecule has 2 saturated heterocycles. The molecular formula is C15H18N2O5. The molecule has 2 amide bonds. The number of amides is 2. The van der Waals surface area contributed by atoms with Crippen molar-refractivity contribution in [2.75, 3.05) is 38.4 Å². The van der Waals surface area contributed by atoms with Crippen molar-refractivity contribution < 1.29 is 23.7 Å². The Balaban J connectivity index is 1.36. The van der Waals surface area contributed by atoms with Gasteiger partial charge in [-0.2, -0.15) is 0 Å². The SMILES string of the molecule is O=C(Nc1ccc2c(c1)OCO2)N1CCC2(CC1)OCCO2. The van der Waals surface area contributed by atoms with E-state index in [2.05, 4.69) is 5.32 Å². The van der Waals surface area contributed by atoms with E-state index in [0.717, 1.165) is 0 Å². The number of nitrogens with zero attached hydrogens (tertiary/aromatic N) is 1. The molecule has 7 nitrogen and oxygen atoms in total. The number of nitrogens with one attached hydrogen (secondary N) is 1. The van der Waals surface area contributed by atoms with E-state index in [1.165, 1.54) is 0 Å². The first-order chi connectivity index (χ1) is 10.7. The van der Waals surface area contributed by atoms with Crippen molar-refractivity contribution in [3.8, 4) is 11.5 Å². The van der Waals surface area contributed by atoms with Crippen LogP contribution in [0, 0.1) is 0 Å². The maximum atomic E-state index is 12.3. The molecule has 0 bridgehead atoms. The van der Waals surface area contributed by atoms with Gasteiger partial charge in [0.05, 0.1) is 13.2 Å². The highest BCUT2D eigenvalue weighted by atomic mass is 16.7. The van der Waals surface area contributed by atoms with Crippen molar-refractivity contribution >= 4 is 11.7 Å². The van der Waals surface area contributed by atoms with E-state index in [4.69, 9.17) is 18.9 Å². The standard InChI is InChI=1S/C15H18N2O5/c18-14(16-11-1-2-12-13(9-11)20-10-19-12)17-5-3-15(4-6-17)21-7-8-22-15/h1-2,9H,3-8,10H2,(H,16,18). The van der Waals surface area contributed by atoms with Crippen molar-refractivity contribution in [2.24, 2.45) is 0 Å². The Kier molecular flexibility index (Phi) is 3.31. The molecule has 0 radical (unpaired) electrons. The number of ether oxygens (including phenoxy) is 4. The predicted octanol–water partition coefficient (Wildman–Crippen LogP) is 1.79. The third kappa shape index (κ3) is 2.46. The highest BCUT2D eigenvalue weighted by Crippen LogP contribution is 2.35. The van der Waals surface area contributed by atoms with Gasteiger partial charge in [0.2, 0.25) is 6.79 Å². The lowest BCUT2D eigenvalue weighted by Crippen LogP contribution is -2.48. The minimum absolute atomic E-state index is 0.119. The molecule has 4 rings (SSSR count). The molecular weight excluding hydrogens is 288 g/mol. The summed E-state index contributed by atoms with van der Waals surface area (Å²) in [6.45, 7) is 2.75. The fourth-order valence-electron chi connectivity index (χ4n) is 3.01. The number of benzene rings is 1. The minimum atomic E-state index is -0.463. The van der Waals surface area contributed by atoms with Gasteiger partial charge in [0, 0.05) is 37.7 Å². The summed E-state index contributed by atoms with van der Waals surface area (Å²) in [6.07, 6.45) is 1.42. The predicted molar refractivity (Wildman–Crippen MR) is 77.0 cm³/mol. The lowest BCUT2D eigenvalue weighted by Gasteiger charge is -2.37. The second-order valence-electron chi connectivity index (χ2n) is 5.59. The van der Waals surface area contributed by atoms with Crippen LogP contribution >= 0.6 is 0 Å². The average molecular weight is 306 g/mol. The van der Waals surface area contributed by atoms with Crippen molar-refractivity contribution in [1.82, 2.24) is 4.90 Å². The summed E-state index contributed by atoms with van der Waals surface area (Å²) in [5.74, 6) is 0.895. The number of fused-ring (bicyclic) bond motifs is 1. The average Bonchev–Trinajstić information content (AvgIpc) is 3.17. The number of anilines is 1. The Morgan fingerprint density at radius 3 is 2.59 bits per heavy atom. The normalized spacial score (nSPS) is 22.1. The number of likely N-dealkylation sites (tertiary alicyclic amines) is 1. The van der Waals surface area contributed by atoms with Gasteiger partial charge in [0.15, 0.2) is 17.3 Å². The van der Waals surface area contributed by atoms with Crippen molar-refractivity contribution in [3.05, 3.63) is 18.2 Å². The topological polar surface area (TPSA) is 69.3 Å². The zero-order chi connectivity index (χ0) is 15.0. The smallest absolute Gasteiger partial charge is 0.321 e. The summed E-state index contributed by atoms with van der Waals surface area (Å²) < 4.78 is 21.9. The summed E-state index contributed by atoms with van der Waals surface area (Å²) in [7, 11) is 0. The number of urea groups is 1. The monoisotopic (exact) mass is 306 g/mol. The molecule has 0 atom stereocenters. The highest BCUT2D eigenvalue weighted by molar-refractivity contribution is 5.89. The Hall–Kier alpha value is -1.99. The maximum Gasteiger partial charge on any atom is 0.321 e. The second-order valence-corrected chi connectivity index (χ2v) is 5.59. The van der Waals surface area contributed by atoms with Gasteiger partial charge in [-0.1, -0.05) is 0 Å². The molecule has 0 aliphatic carbocycles. The molecule has 3 aliphatic rings. The van der Waals surface area contributed by atoms with E-state index in [1.807, 2.05) is 0 Å². The largest absolute Gasteiger partial charge is 0.454 e. The molecule has 1 spiro atoms. The Labute approximate surface area is 128 Å². The quantitative estimate of drug-likeness (QED) is 0.856. The van der Waals surface area contributed by atoms with Crippen LogP contribution in [0.15, 0.2) is 18.2 Å². The number of carbonyl (C=O) groups excluding carboxylic acids is 1. The molecule has 0 saturated carbocycles. The minimum Gasteiger partial charge on any atom is -0.454 e. The van der Waals surface area contributed by atoms with Crippen molar-refractivity contribution in [2.45, 2.75) is 18.6 Å². The van der Waals surface area contributed by atoms with E-state index in [1.54, 1.807) is 23.1 Å². The lowest BCUT2D eigenvalue weighted by molar-refractivity contribution is -0.181. The number of hydrogen-bond acceptors (Lipinski definition) is 5. The van der Waals surface area contributed by atoms with E-state index in [-0.39, 0.29) is 12.8 Å². The van der Waals surface area contributed by atoms with Crippen LogP contribution in [0.4, 0.5) is 10.5 Å². The number of carbonyl (C=O) groups is 1. The van der Waals surface area contributed by atoms with Crippen LogP contribution in [-0.4, -0.2) is 49.8 Å². The third-order valence-electron chi connectivity index (χ3n) is 4.25. The molecule has 118 valence electrons. The Bertz CT molecular complexity index is 575. The van der Waals surface area contributed by atoms with E-state index < -0.39 is 5.79 Å². The molecule has 3 aliphatic heterocycles. The molecule has 22 heavy (non-hydrogen) atoms. The van der Waals surface area contributed by atoms with Gasteiger partial charge in [-0.15, -0.1) is 0 Å². The zero-order valence-corrected chi connectivity index (χ0v) is 12.2. The molecule has 1 aromatic carbocycles. The van der Waals surface area contributed by atoms with Crippen LogP contribution in [0.25, 0.3) is 0 Å². The fraction of sp³-hybridized carbons (Fsp3) is 0.533. The molecule has 1 N–H and O–H groups in total. The zero-order valence-electron chi connectivity index (χ0n) is 12.2. The van der Waals surface area contributed by atoms with Crippen LogP contribution in [0.2, 0.25) is 0 Å². The molecule has 3 heterocycles. The fourth-order valence-corrected chi connectivity index (χ4v) is 3.01. The van der Waals surface area contributed by atoms with E-state index >= 15 is 0 Å². The first-order valence-electron chi connectivity index (χ1n) is 7.48. The van der Waals surface area contributed by atoms with Crippen molar-refractivity contribution in [1.29, 1.82) is 0 Å². The van der Waals surface area contributed by atoms with Crippen LogP contribution in [-0.2, 0) is 9.47 Å². The van der Waals surface area contributed by atoms with E-state index in [0.29, 0.717) is 56.3 Å². The summed E-state index contributed by atoms with van der Waals surface area (Å²) in [4.78, 5) is 14.1. The number of hydrogen-bond donors (Lipinski definition) is 1. The summed E-state index contributed by atoms with van der Waals surface area (Å²) in [5.41, 5.74) is 0.697. The number of rotatable bonds is 1. The van der Waals surface area contributed by atoms with Gasteiger partial charge in [0.25, 0.3) is 0 Å². The van der Waals surface area contributed by atoms with Gasteiger partial charge < -0.3 is 29.2 Å². The van der Waals surface area contributed by atoms with Gasteiger partial charge in [-0.3, -0.25) is 0 Å². The maximum absolute atomic E-state index is 12.3. The van der Waals surface area contributed by atoms with Gasteiger partial charge in [-0.25, -0.2) is 4.79 Å². The lowest BCUT2D eigenvalue weighted by atomic mass is 10.0. The van der Waals surface area contributed by atoms with Gasteiger partial charge in [-0.05, 0) is 12.1 Å². The summed E-state index contributed by atoms with van der Waals surface area (Å²) >= 11 is 0. The first kappa shape index (κ1) is 13.7. The highest BCUT2D eigenvalue weighted by Gasteiger charge is 2.40. The molecule has 0 unspecified atom stereocenters. The molecule has 0 aromatic heterocycles. The van der Waals surface area contributed by atoms with Crippen LogP contribution < -0.4 is 14.8 Å². The Morgan fingerprint density at radius 1 is 1.09 bits per heavy atom. The number of piperidine rings is 1. The molecule has 7 heteroatoms. The third-order valence-corrected chi connectivity index (χ3v) is 4.25. The summed E-state index contributed by atoms with van der Waals surface area (Å²) in [6, 6.07) is 5.25. The van der Waals surface area contributed by atoms with Crippen LogP contribution in [0.5, 0.6) is 11.5 Å². The second kappa shape index (κ2) is 5.33. The molecule has 2 fully saturated rings. The Morgan fingerprint density at radius 2 is 1.82 bits per heavy atom. The van der Waals surface area contributed by atoms with Crippen LogP contribution in [0.1, 0.15) is 12.8 Å². The van der Waals surface area contributed by atoms with Crippen molar-refractivity contribution in [3.63, 3.8) is 0 Å². The summed E-state index contributed by atoms with van der Waals surface area (Å²) in [5, 5.41) is 2.89. The van der Waals surface area contributed by atoms with Crippen LogP contribution in [0.3, 0.4) is 0 Å². The molecule has 1 aromatic rings. The van der Waals surface area contributed by atoms with E-state index in [9.17, 15) is 4.79 Å². The van der Waals surface area contributed by atoms with Gasteiger partial charge >= 0.3 is 6.03 Å².